The third-order valence-electron chi connectivity index (χ3n) is 1.27. The van der Waals surface area contributed by atoms with Crippen molar-refractivity contribution in [3.05, 3.63) is 0 Å². The number of ether oxygens (including phenoxy) is 1. The lowest BCUT2D eigenvalue weighted by Crippen LogP contribution is -2.41. The van der Waals surface area contributed by atoms with E-state index < -0.39 is 17.6 Å². The van der Waals surface area contributed by atoms with Gasteiger partial charge in [0.15, 0.2) is 0 Å². The Bertz CT molecular complexity index is 222. The van der Waals surface area contributed by atoms with Gasteiger partial charge in [-0.3, -0.25) is 9.69 Å². The molecule has 0 spiro atoms. The lowest BCUT2D eigenvalue weighted by atomic mass is 10.2. The fourth-order valence-electron chi connectivity index (χ4n) is 0.628. The largest absolute Gasteiger partial charge is 0.465 e. The second-order valence-electron chi connectivity index (χ2n) is 3.83. The molecule has 0 unspecified atom stereocenters. The molecule has 0 radical (unpaired) electrons. The minimum atomic E-state index is -1.23. The van der Waals surface area contributed by atoms with Crippen LogP contribution in [-0.2, 0) is 9.53 Å². The number of carboxylic acid groups (broad SMARTS) is 1. The monoisotopic (exact) mass is 204 g/mol. The number of hydrogen-bond acceptors (Lipinski definition) is 3. The molecule has 0 saturated heterocycles. The zero-order valence-corrected chi connectivity index (χ0v) is 8.61. The molecule has 0 aromatic heterocycles. The molecule has 2 amide bonds. The van der Waals surface area contributed by atoms with Crippen LogP contribution in [0.5, 0.6) is 0 Å². The molecule has 0 bridgehead atoms. The zero-order chi connectivity index (χ0) is 11.4. The van der Waals surface area contributed by atoms with Gasteiger partial charge in [0.05, 0.1) is 5.60 Å². The van der Waals surface area contributed by atoms with E-state index in [-0.39, 0.29) is 13.3 Å². The van der Waals surface area contributed by atoms with Gasteiger partial charge in [-0.1, -0.05) is 0 Å². The highest BCUT2D eigenvalue weighted by atomic mass is 16.5. The minimum Gasteiger partial charge on any atom is -0.465 e. The maximum Gasteiger partial charge on any atom is 0.409 e. The molecule has 0 aliphatic carbocycles. The van der Waals surface area contributed by atoms with Gasteiger partial charge in [-0.25, -0.2) is 4.79 Å². The van der Waals surface area contributed by atoms with Crippen molar-refractivity contribution < 1.29 is 19.4 Å². The van der Waals surface area contributed by atoms with Gasteiger partial charge < -0.3 is 15.6 Å². The number of rotatable bonds is 4. The summed E-state index contributed by atoms with van der Waals surface area (Å²) < 4.78 is 5.19. The van der Waals surface area contributed by atoms with Crippen molar-refractivity contribution in [2.75, 3.05) is 13.3 Å². The molecule has 82 valence electrons. The molecule has 0 atom stereocenters. The first-order chi connectivity index (χ1) is 6.22. The van der Waals surface area contributed by atoms with E-state index in [9.17, 15) is 9.59 Å². The number of amides is 2. The summed E-state index contributed by atoms with van der Waals surface area (Å²) in [5, 5.41) is 8.66. The number of nitrogens with zero attached hydrogens (tertiary/aromatic N) is 1. The Morgan fingerprint density at radius 1 is 1.43 bits per heavy atom. The van der Waals surface area contributed by atoms with Gasteiger partial charge in [0.2, 0.25) is 5.91 Å². The van der Waals surface area contributed by atoms with Crippen LogP contribution in [0.3, 0.4) is 0 Å². The van der Waals surface area contributed by atoms with Crippen LogP contribution in [0.1, 0.15) is 20.8 Å². The molecule has 14 heavy (non-hydrogen) atoms. The summed E-state index contributed by atoms with van der Waals surface area (Å²) in [6, 6.07) is 0. The fraction of sp³-hybridized carbons (Fsp3) is 0.750. The van der Waals surface area contributed by atoms with Crippen molar-refractivity contribution in [3.8, 4) is 0 Å². The number of hydrogen-bond donors (Lipinski definition) is 2. The van der Waals surface area contributed by atoms with Crippen LogP contribution in [0.15, 0.2) is 0 Å². The molecule has 0 fully saturated rings. The highest BCUT2D eigenvalue weighted by Gasteiger charge is 2.18. The molecule has 0 aliphatic rings. The van der Waals surface area contributed by atoms with E-state index in [1.54, 1.807) is 20.8 Å². The Labute approximate surface area is 82.6 Å². The fourth-order valence-corrected chi connectivity index (χ4v) is 0.628. The summed E-state index contributed by atoms with van der Waals surface area (Å²) in [7, 11) is 0. The zero-order valence-electron chi connectivity index (χ0n) is 8.61. The number of carbonyl (C=O) groups excluding carboxylic acids is 1. The van der Waals surface area contributed by atoms with E-state index in [1.807, 2.05) is 0 Å². The smallest absolute Gasteiger partial charge is 0.409 e. The quantitative estimate of drug-likeness (QED) is 0.641. The Morgan fingerprint density at radius 3 is 2.21 bits per heavy atom. The SMILES string of the molecule is CC(C)(C)OCN(CC(N)=O)C(=O)O. The van der Waals surface area contributed by atoms with Gasteiger partial charge in [0.25, 0.3) is 0 Å². The number of carbonyl (C=O) groups is 2. The Hall–Kier alpha value is -1.30. The molecular formula is C8H16N2O4. The van der Waals surface area contributed by atoms with Gasteiger partial charge in [-0.15, -0.1) is 0 Å². The summed E-state index contributed by atoms with van der Waals surface area (Å²) in [6.45, 7) is 4.85. The highest BCUT2D eigenvalue weighted by Crippen LogP contribution is 2.07. The van der Waals surface area contributed by atoms with Crippen LogP contribution in [0.25, 0.3) is 0 Å². The Morgan fingerprint density at radius 2 is 1.93 bits per heavy atom. The van der Waals surface area contributed by atoms with Gasteiger partial charge in [-0.2, -0.15) is 0 Å². The molecule has 3 N–H and O–H groups in total. The molecule has 0 heterocycles. The minimum absolute atomic E-state index is 0.165. The van der Waals surface area contributed by atoms with E-state index in [0.29, 0.717) is 0 Å². The van der Waals surface area contributed by atoms with E-state index in [4.69, 9.17) is 15.6 Å². The topological polar surface area (TPSA) is 92.9 Å². The normalized spacial score (nSPS) is 11.1. The van der Waals surface area contributed by atoms with E-state index >= 15 is 0 Å². The lowest BCUT2D eigenvalue weighted by Gasteiger charge is -2.24. The first-order valence-electron chi connectivity index (χ1n) is 4.12. The third-order valence-corrected chi connectivity index (χ3v) is 1.27. The molecule has 0 aromatic carbocycles. The second kappa shape index (κ2) is 4.80. The van der Waals surface area contributed by atoms with Crippen LogP contribution < -0.4 is 5.73 Å². The number of nitrogens with two attached hydrogens (primary N) is 1. The van der Waals surface area contributed by atoms with Gasteiger partial charge in [-0.05, 0) is 20.8 Å². The highest BCUT2D eigenvalue weighted by molar-refractivity contribution is 5.80. The standard InChI is InChI=1S/C8H16N2O4/c1-8(2,3)14-5-10(7(12)13)4-6(9)11/h4-5H2,1-3H3,(H2,9,11)(H,12,13). The van der Waals surface area contributed by atoms with E-state index in [1.165, 1.54) is 0 Å². The Balaban J connectivity index is 4.11. The maximum atomic E-state index is 10.6. The molecular weight excluding hydrogens is 188 g/mol. The predicted molar refractivity (Wildman–Crippen MR) is 49.6 cm³/mol. The third kappa shape index (κ3) is 6.24. The Kier molecular flexibility index (Phi) is 4.36. The predicted octanol–water partition coefficient (Wildman–Crippen LogP) is 0.224. The van der Waals surface area contributed by atoms with E-state index in [2.05, 4.69) is 0 Å². The summed E-state index contributed by atoms with van der Waals surface area (Å²) in [5.74, 6) is -0.704. The summed E-state index contributed by atoms with van der Waals surface area (Å²) in [5.41, 5.74) is 4.42. The van der Waals surface area contributed by atoms with Gasteiger partial charge in [0.1, 0.15) is 13.3 Å². The average Bonchev–Trinajstić information content (AvgIpc) is 1.94. The molecule has 0 aromatic rings. The van der Waals surface area contributed by atoms with Crippen LogP contribution in [0, 0.1) is 0 Å². The van der Waals surface area contributed by atoms with Crippen LogP contribution >= 0.6 is 0 Å². The van der Waals surface area contributed by atoms with Crippen molar-refractivity contribution in [2.24, 2.45) is 5.73 Å². The van der Waals surface area contributed by atoms with Crippen LogP contribution in [0.2, 0.25) is 0 Å². The molecule has 0 saturated carbocycles. The summed E-state index contributed by atoms with van der Waals surface area (Å²) in [6.07, 6.45) is -1.23. The van der Waals surface area contributed by atoms with Crippen molar-refractivity contribution in [2.45, 2.75) is 26.4 Å². The van der Waals surface area contributed by atoms with Crippen molar-refractivity contribution >= 4 is 12.0 Å². The average molecular weight is 204 g/mol. The first-order valence-corrected chi connectivity index (χ1v) is 4.12. The van der Waals surface area contributed by atoms with Crippen LogP contribution in [0.4, 0.5) is 4.79 Å². The lowest BCUT2D eigenvalue weighted by molar-refractivity contribution is -0.121. The van der Waals surface area contributed by atoms with Crippen molar-refractivity contribution in [3.63, 3.8) is 0 Å². The second-order valence-corrected chi connectivity index (χ2v) is 3.83. The van der Waals surface area contributed by atoms with Crippen LogP contribution in [-0.4, -0.2) is 40.9 Å². The summed E-state index contributed by atoms with van der Waals surface area (Å²) >= 11 is 0. The van der Waals surface area contributed by atoms with Gasteiger partial charge in [0, 0.05) is 0 Å². The molecule has 0 aliphatic heterocycles. The van der Waals surface area contributed by atoms with Gasteiger partial charge >= 0.3 is 6.09 Å². The molecule has 6 nitrogen and oxygen atoms in total. The maximum absolute atomic E-state index is 10.6. The number of primary amides is 1. The van der Waals surface area contributed by atoms with Crippen molar-refractivity contribution in [1.29, 1.82) is 0 Å². The van der Waals surface area contributed by atoms with Crippen molar-refractivity contribution in [1.82, 2.24) is 4.90 Å². The molecule has 0 rings (SSSR count). The molecule has 6 heteroatoms. The summed E-state index contributed by atoms with van der Waals surface area (Å²) in [4.78, 5) is 21.9. The van der Waals surface area contributed by atoms with E-state index in [0.717, 1.165) is 4.90 Å². The first kappa shape index (κ1) is 12.7.